The lowest BCUT2D eigenvalue weighted by atomic mass is 9.87. The Kier molecular flexibility index (Phi) is 8.87. The molecule has 6 nitrogen and oxygen atoms in total. The van der Waals surface area contributed by atoms with E-state index in [4.69, 9.17) is 0 Å². The first-order valence-corrected chi connectivity index (χ1v) is 13.6. The molecule has 1 N–H and O–H groups in total. The highest BCUT2D eigenvalue weighted by Gasteiger charge is 2.29. The molecule has 4 rings (SSSR count). The van der Waals surface area contributed by atoms with E-state index in [-0.39, 0.29) is 11.8 Å². The summed E-state index contributed by atoms with van der Waals surface area (Å²) >= 11 is 0. The molecule has 34 heavy (non-hydrogen) atoms. The molecule has 1 aromatic rings. The number of rotatable bonds is 7. The van der Waals surface area contributed by atoms with Gasteiger partial charge in [-0.15, -0.1) is 0 Å². The van der Waals surface area contributed by atoms with Gasteiger partial charge in [-0.25, -0.2) is 0 Å². The molecular weight excluding hydrogens is 424 g/mol. The van der Waals surface area contributed by atoms with Crippen molar-refractivity contribution in [2.45, 2.75) is 65.2 Å². The van der Waals surface area contributed by atoms with Crippen molar-refractivity contribution in [3.63, 3.8) is 0 Å². The highest BCUT2D eigenvalue weighted by molar-refractivity contribution is 5.79. The number of likely N-dealkylation sites (tertiary alicyclic amines) is 1. The van der Waals surface area contributed by atoms with E-state index >= 15 is 0 Å². The summed E-state index contributed by atoms with van der Waals surface area (Å²) in [5.74, 6) is 1.22. The SMILES string of the molecule is Cc1cccc(N2CCN(CCNC(=O)CC3CCN(C(=O)C4CCCCC4)CC3)CC2)c1C. The highest BCUT2D eigenvalue weighted by atomic mass is 16.2. The molecule has 1 saturated carbocycles. The molecule has 1 aliphatic carbocycles. The van der Waals surface area contributed by atoms with Gasteiger partial charge in [-0.2, -0.15) is 0 Å². The second-order valence-corrected chi connectivity index (χ2v) is 10.7. The molecule has 2 aliphatic heterocycles. The van der Waals surface area contributed by atoms with E-state index in [9.17, 15) is 9.59 Å². The van der Waals surface area contributed by atoms with E-state index in [1.54, 1.807) is 0 Å². The molecule has 0 spiro atoms. The van der Waals surface area contributed by atoms with Crippen molar-refractivity contribution in [3.05, 3.63) is 29.3 Å². The van der Waals surface area contributed by atoms with Crippen molar-refractivity contribution in [2.24, 2.45) is 11.8 Å². The monoisotopic (exact) mass is 468 g/mol. The number of carbonyl (C=O) groups excluding carboxylic acids is 2. The van der Waals surface area contributed by atoms with Crippen LogP contribution in [0.2, 0.25) is 0 Å². The zero-order valence-electron chi connectivity index (χ0n) is 21.4. The zero-order chi connectivity index (χ0) is 23.9. The van der Waals surface area contributed by atoms with E-state index in [1.165, 1.54) is 36.1 Å². The van der Waals surface area contributed by atoms with Gasteiger partial charge in [-0.05, 0) is 62.6 Å². The first kappa shape index (κ1) is 25.0. The summed E-state index contributed by atoms with van der Waals surface area (Å²) in [5.41, 5.74) is 4.09. The summed E-state index contributed by atoms with van der Waals surface area (Å²) < 4.78 is 0. The molecule has 188 valence electrons. The lowest BCUT2D eigenvalue weighted by Gasteiger charge is -2.37. The van der Waals surface area contributed by atoms with E-state index < -0.39 is 0 Å². The van der Waals surface area contributed by atoms with Crippen LogP contribution in [-0.2, 0) is 9.59 Å². The summed E-state index contributed by atoms with van der Waals surface area (Å²) in [4.78, 5) is 32.3. The number of carbonyl (C=O) groups is 2. The van der Waals surface area contributed by atoms with Gasteiger partial charge in [0.1, 0.15) is 0 Å². The van der Waals surface area contributed by atoms with Gasteiger partial charge in [0.05, 0.1) is 0 Å². The van der Waals surface area contributed by atoms with E-state index in [1.807, 2.05) is 0 Å². The molecular formula is C28H44N4O2. The second kappa shape index (κ2) is 12.1. The molecule has 0 atom stereocenters. The van der Waals surface area contributed by atoms with Gasteiger partial charge in [-0.1, -0.05) is 31.4 Å². The van der Waals surface area contributed by atoms with Crippen LogP contribution in [0.5, 0.6) is 0 Å². The predicted octanol–water partition coefficient (Wildman–Crippen LogP) is 3.75. The number of amides is 2. The van der Waals surface area contributed by atoms with Crippen LogP contribution in [0, 0.1) is 25.7 Å². The van der Waals surface area contributed by atoms with Crippen LogP contribution in [0.15, 0.2) is 18.2 Å². The first-order valence-electron chi connectivity index (χ1n) is 13.6. The molecule has 3 aliphatic rings. The lowest BCUT2D eigenvalue weighted by molar-refractivity contribution is -0.138. The van der Waals surface area contributed by atoms with Crippen LogP contribution < -0.4 is 10.2 Å². The van der Waals surface area contributed by atoms with Crippen molar-refractivity contribution in [1.82, 2.24) is 15.1 Å². The minimum Gasteiger partial charge on any atom is -0.369 e. The number of piperidine rings is 1. The molecule has 2 amide bonds. The third kappa shape index (κ3) is 6.53. The molecule has 0 aromatic heterocycles. The fourth-order valence-electron chi connectivity index (χ4n) is 5.94. The molecule has 6 heteroatoms. The largest absolute Gasteiger partial charge is 0.369 e. The maximum Gasteiger partial charge on any atom is 0.225 e. The van der Waals surface area contributed by atoms with Crippen molar-refractivity contribution >= 4 is 17.5 Å². The number of anilines is 1. The van der Waals surface area contributed by atoms with Crippen LogP contribution >= 0.6 is 0 Å². The summed E-state index contributed by atoms with van der Waals surface area (Å²) in [6, 6.07) is 6.56. The average Bonchev–Trinajstić information content (AvgIpc) is 2.87. The quantitative estimate of drug-likeness (QED) is 0.662. The second-order valence-electron chi connectivity index (χ2n) is 10.7. The number of hydrogen-bond acceptors (Lipinski definition) is 4. The third-order valence-electron chi connectivity index (χ3n) is 8.39. The number of hydrogen-bond donors (Lipinski definition) is 1. The van der Waals surface area contributed by atoms with Crippen LogP contribution in [0.4, 0.5) is 5.69 Å². The summed E-state index contributed by atoms with van der Waals surface area (Å²) in [7, 11) is 0. The Hall–Kier alpha value is -2.08. The standard InChI is InChI=1S/C28H44N4O2/c1-22-7-6-10-26(23(22)2)31-19-17-30(18-20-31)16-13-29-27(33)21-24-11-14-32(15-12-24)28(34)25-8-4-3-5-9-25/h6-7,10,24-25H,3-5,8-9,11-21H2,1-2H3,(H,29,33). The molecule has 2 saturated heterocycles. The molecule has 1 aromatic carbocycles. The van der Waals surface area contributed by atoms with Crippen molar-refractivity contribution in [3.8, 4) is 0 Å². The first-order chi connectivity index (χ1) is 16.5. The van der Waals surface area contributed by atoms with Gasteiger partial charge in [-0.3, -0.25) is 14.5 Å². The highest BCUT2D eigenvalue weighted by Crippen LogP contribution is 2.28. The Labute approximate surface area is 206 Å². The van der Waals surface area contributed by atoms with Crippen LogP contribution in [0.3, 0.4) is 0 Å². The van der Waals surface area contributed by atoms with Gasteiger partial charge in [0.2, 0.25) is 11.8 Å². The minimum atomic E-state index is 0.172. The van der Waals surface area contributed by atoms with Crippen molar-refractivity contribution < 1.29 is 9.59 Å². The Morgan fingerprint density at radius 2 is 1.62 bits per heavy atom. The number of nitrogens with one attached hydrogen (secondary N) is 1. The fraction of sp³-hybridized carbons (Fsp3) is 0.714. The van der Waals surface area contributed by atoms with Crippen LogP contribution in [-0.4, -0.2) is 74.0 Å². The molecule has 3 fully saturated rings. The van der Waals surface area contributed by atoms with E-state index in [0.717, 1.165) is 78.0 Å². The zero-order valence-corrected chi connectivity index (χ0v) is 21.4. The van der Waals surface area contributed by atoms with Crippen LogP contribution in [0.25, 0.3) is 0 Å². The molecule has 0 bridgehead atoms. The molecule has 2 heterocycles. The topological polar surface area (TPSA) is 55.9 Å². The minimum absolute atomic E-state index is 0.172. The smallest absolute Gasteiger partial charge is 0.225 e. The van der Waals surface area contributed by atoms with E-state index in [2.05, 4.69) is 52.1 Å². The van der Waals surface area contributed by atoms with Gasteiger partial charge in [0.15, 0.2) is 0 Å². The van der Waals surface area contributed by atoms with Gasteiger partial charge in [0.25, 0.3) is 0 Å². The number of piperazine rings is 1. The van der Waals surface area contributed by atoms with Crippen molar-refractivity contribution in [2.75, 3.05) is 57.3 Å². The number of nitrogens with zero attached hydrogens (tertiary/aromatic N) is 3. The fourth-order valence-corrected chi connectivity index (χ4v) is 5.94. The third-order valence-corrected chi connectivity index (χ3v) is 8.39. The molecule has 0 unspecified atom stereocenters. The number of aryl methyl sites for hydroxylation is 1. The van der Waals surface area contributed by atoms with E-state index in [0.29, 0.717) is 18.2 Å². The Balaban J connectivity index is 1.10. The normalized spacial score (nSPS) is 21.0. The summed E-state index contributed by atoms with van der Waals surface area (Å²) in [6.45, 7) is 11.8. The molecule has 0 radical (unpaired) electrons. The van der Waals surface area contributed by atoms with Gasteiger partial charge in [0, 0.05) is 70.4 Å². The van der Waals surface area contributed by atoms with Gasteiger partial charge >= 0.3 is 0 Å². The maximum absolute atomic E-state index is 12.7. The summed E-state index contributed by atoms with van der Waals surface area (Å²) in [5, 5.41) is 3.15. The Bertz CT molecular complexity index is 820. The Morgan fingerprint density at radius 1 is 0.912 bits per heavy atom. The summed E-state index contributed by atoms with van der Waals surface area (Å²) in [6.07, 6.45) is 8.36. The Morgan fingerprint density at radius 3 is 2.32 bits per heavy atom. The van der Waals surface area contributed by atoms with Crippen LogP contribution in [0.1, 0.15) is 62.5 Å². The van der Waals surface area contributed by atoms with Crippen molar-refractivity contribution in [1.29, 1.82) is 0 Å². The number of benzene rings is 1. The average molecular weight is 469 g/mol. The maximum atomic E-state index is 12.7. The van der Waals surface area contributed by atoms with Gasteiger partial charge < -0.3 is 15.1 Å². The lowest BCUT2D eigenvalue weighted by Crippen LogP contribution is -2.48. The predicted molar refractivity (Wildman–Crippen MR) is 138 cm³/mol.